The third kappa shape index (κ3) is 3.72. The predicted molar refractivity (Wildman–Crippen MR) is 57.8 cm³/mol. The van der Waals surface area contributed by atoms with Crippen molar-refractivity contribution in [3.8, 4) is 0 Å². The number of rotatable bonds is 6. The van der Waals surface area contributed by atoms with Crippen molar-refractivity contribution in [2.45, 2.75) is 25.2 Å². The van der Waals surface area contributed by atoms with Crippen LogP contribution < -0.4 is 0 Å². The third-order valence-corrected chi connectivity index (χ3v) is 2.40. The van der Waals surface area contributed by atoms with Crippen LogP contribution in [0.3, 0.4) is 0 Å². The first-order valence-electron chi connectivity index (χ1n) is 5.14. The van der Waals surface area contributed by atoms with E-state index >= 15 is 0 Å². The van der Waals surface area contributed by atoms with Gasteiger partial charge in [0.2, 0.25) is 0 Å². The Morgan fingerprint density at radius 3 is 2.40 bits per heavy atom. The standard InChI is InChI=1S/C12H16O3/c13-9-5-4-8-11(12(14)15)10-6-2-1-3-7-10/h1-3,6-7,11,13H,4-5,8-9H2,(H,14,15)/t11-/m0/s1. The molecule has 1 aromatic carbocycles. The summed E-state index contributed by atoms with van der Waals surface area (Å²) in [5.41, 5.74) is 0.836. The van der Waals surface area contributed by atoms with Crippen LogP contribution in [0.25, 0.3) is 0 Å². The summed E-state index contributed by atoms with van der Waals surface area (Å²) in [6, 6.07) is 9.22. The molecule has 0 aliphatic carbocycles. The van der Waals surface area contributed by atoms with Gasteiger partial charge in [0.15, 0.2) is 0 Å². The maximum Gasteiger partial charge on any atom is 0.310 e. The SMILES string of the molecule is O=C(O)[C@@H](CCCCO)c1ccccc1. The molecule has 0 unspecified atom stereocenters. The van der Waals surface area contributed by atoms with Gasteiger partial charge in [-0.25, -0.2) is 0 Å². The summed E-state index contributed by atoms with van der Waals surface area (Å²) in [5, 5.41) is 17.7. The fraction of sp³-hybridized carbons (Fsp3) is 0.417. The lowest BCUT2D eigenvalue weighted by Gasteiger charge is -2.11. The second-order valence-corrected chi connectivity index (χ2v) is 3.52. The molecule has 0 bridgehead atoms. The van der Waals surface area contributed by atoms with Crippen LogP contribution in [0.1, 0.15) is 30.7 Å². The summed E-state index contributed by atoms with van der Waals surface area (Å²) in [5.74, 6) is -1.24. The van der Waals surface area contributed by atoms with Gasteiger partial charge in [-0.15, -0.1) is 0 Å². The Balaban J connectivity index is 2.62. The van der Waals surface area contributed by atoms with Gasteiger partial charge in [-0.3, -0.25) is 4.79 Å². The van der Waals surface area contributed by atoms with Crippen molar-refractivity contribution in [3.05, 3.63) is 35.9 Å². The highest BCUT2D eigenvalue weighted by molar-refractivity contribution is 5.75. The second kappa shape index (κ2) is 6.19. The van der Waals surface area contributed by atoms with Gasteiger partial charge in [-0.2, -0.15) is 0 Å². The molecule has 1 atom stereocenters. The van der Waals surface area contributed by atoms with Crippen molar-refractivity contribution in [1.82, 2.24) is 0 Å². The molecule has 0 aliphatic rings. The zero-order chi connectivity index (χ0) is 11.1. The molecule has 0 amide bonds. The maximum atomic E-state index is 11.0. The molecule has 82 valence electrons. The van der Waals surface area contributed by atoms with Crippen LogP contribution in [0.15, 0.2) is 30.3 Å². The van der Waals surface area contributed by atoms with Gasteiger partial charge >= 0.3 is 5.97 Å². The number of carboxylic acid groups (broad SMARTS) is 1. The number of unbranched alkanes of at least 4 members (excludes halogenated alkanes) is 1. The lowest BCUT2D eigenvalue weighted by atomic mass is 9.94. The number of hydrogen-bond acceptors (Lipinski definition) is 2. The van der Waals surface area contributed by atoms with E-state index in [4.69, 9.17) is 10.2 Å². The van der Waals surface area contributed by atoms with Crippen molar-refractivity contribution in [3.63, 3.8) is 0 Å². The lowest BCUT2D eigenvalue weighted by Crippen LogP contribution is -2.11. The molecule has 2 N–H and O–H groups in total. The van der Waals surface area contributed by atoms with E-state index in [9.17, 15) is 4.79 Å². The Bertz CT molecular complexity index is 295. The Morgan fingerprint density at radius 1 is 1.20 bits per heavy atom. The van der Waals surface area contributed by atoms with Gasteiger partial charge in [-0.05, 0) is 24.8 Å². The second-order valence-electron chi connectivity index (χ2n) is 3.52. The van der Waals surface area contributed by atoms with E-state index in [-0.39, 0.29) is 6.61 Å². The van der Waals surface area contributed by atoms with Crippen LogP contribution in [0, 0.1) is 0 Å². The topological polar surface area (TPSA) is 57.5 Å². The molecule has 0 saturated carbocycles. The number of carboxylic acids is 1. The zero-order valence-electron chi connectivity index (χ0n) is 8.60. The molecule has 0 spiro atoms. The number of aliphatic hydroxyl groups excluding tert-OH is 1. The van der Waals surface area contributed by atoms with Gasteiger partial charge in [0.25, 0.3) is 0 Å². The number of benzene rings is 1. The Kier molecular flexibility index (Phi) is 4.84. The van der Waals surface area contributed by atoms with Crippen molar-refractivity contribution in [2.75, 3.05) is 6.61 Å². The summed E-state index contributed by atoms with van der Waals surface area (Å²) in [7, 11) is 0. The summed E-state index contributed by atoms with van der Waals surface area (Å²) >= 11 is 0. The molecule has 0 heterocycles. The minimum Gasteiger partial charge on any atom is -0.481 e. The Morgan fingerprint density at radius 2 is 1.87 bits per heavy atom. The summed E-state index contributed by atoms with van der Waals surface area (Å²) in [4.78, 5) is 11.0. The van der Waals surface area contributed by atoms with E-state index in [1.54, 1.807) is 0 Å². The smallest absolute Gasteiger partial charge is 0.310 e. The molecule has 3 heteroatoms. The highest BCUT2D eigenvalue weighted by Crippen LogP contribution is 2.21. The number of hydrogen-bond donors (Lipinski definition) is 2. The fourth-order valence-corrected chi connectivity index (χ4v) is 1.58. The molecule has 0 aliphatic heterocycles. The minimum atomic E-state index is -0.792. The van der Waals surface area contributed by atoms with Gasteiger partial charge in [0, 0.05) is 6.61 Å². The first kappa shape index (κ1) is 11.7. The average Bonchev–Trinajstić information content (AvgIpc) is 2.25. The Hall–Kier alpha value is -1.35. The summed E-state index contributed by atoms with van der Waals surface area (Å²) in [6.07, 6.45) is 1.99. The fourth-order valence-electron chi connectivity index (χ4n) is 1.58. The molecule has 0 aromatic heterocycles. The van der Waals surface area contributed by atoms with Crippen molar-refractivity contribution >= 4 is 5.97 Å². The van der Waals surface area contributed by atoms with E-state index < -0.39 is 11.9 Å². The average molecular weight is 208 g/mol. The Labute approximate surface area is 89.4 Å². The molecular weight excluding hydrogens is 192 g/mol. The summed E-state index contributed by atoms with van der Waals surface area (Å²) in [6.45, 7) is 0.126. The van der Waals surface area contributed by atoms with Gasteiger partial charge in [-0.1, -0.05) is 30.3 Å². The number of aliphatic hydroxyl groups is 1. The van der Waals surface area contributed by atoms with Crippen LogP contribution in [0.5, 0.6) is 0 Å². The minimum absolute atomic E-state index is 0.126. The molecule has 0 radical (unpaired) electrons. The van der Waals surface area contributed by atoms with Crippen LogP contribution in [0.4, 0.5) is 0 Å². The molecule has 15 heavy (non-hydrogen) atoms. The maximum absolute atomic E-state index is 11.0. The molecule has 3 nitrogen and oxygen atoms in total. The van der Waals surface area contributed by atoms with E-state index in [1.165, 1.54) is 0 Å². The first-order valence-corrected chi connectivity index (χ1v) is 5.14. The largest absolute Gasteiger partial charge is 0.481 e. The lowest BCUT2D eigenvalue weighted by molar-refractivity contribution is -0.139. The van der Waals surface area contributed by atoms with Crippen LogP contribution in [-0.2, 0) is 4.79 Å². The van der Waals surface area contributed by atoms with Gasteiger partial charge < -0.3 is 10.2 Å². The zero-order valence-corrected chi connectivity index (χ0v) is 8.60. The normalized spacial score (nSPS) is 12.3. The van der Waals surface area contributed by atoms with Crippen LogP contribution in [-0.4, -0.2) is 22.8 Å². The van der Waals surface area contributed by atoms with E-state index in [0.29, 0.717) is 12.8 Å². The van der Waals surface area contributed by atoms with Gasteiger partial charge in [0.05, 0.1) is 5.92 Å². The van der Waals surface area contributed by atoms with Crippen LogP contribution in [0.2, 0.25) is 0 Å². The predicted octanol–water partition coefficient (Wildman–Crippen LogP) is 2.02. The highest BCUT2D eigenvalue weighted by atomic mass is 16.4. The summed E-state index contributed by atoms with van der Waals surface area (Å²) < 4.78 is 0. The highest BCUT2D eigenvalue weighted by Gasteiger charge is 2.18. The van der Waals surface area contributed by atoms with Crippen molar-refractivity contribution in [1.29, 1.82) is 0 Å². The van der Waals surface area contributed by atoms with Gasteiger partial charge in [0.1, 0.15) is 0 Å². The number of aliphatic carboxylic acids is 1. The van der Waals surface area contributed by atoms with Crippen molar-refractivity contribution < 1.29 is 15.0 Å². The monoisotopic (exact) mass is 208 g/mol. The molecule has 1 rings (SSSR count). The van der Waals surface area contributed by atoms with Crippen molar-refractivity contribution in [2.24, 2.45) is 0 Å². The van der Waals surface area contributed by atoms with Crippen LogP contribution >= 0.6 is 0 Å². The quantitative estimate of drug-likeness (QED) is 0.703. The molecular formula is C12H16O3. The molecule has 0 fully saturated rings. The number of carbonyl (C=O) groups is 1. The molecule has 1 aromatic rings. The third-order valence-electron chi connectivity index (χ3n) is 2.40. The van der Waals surface area contributed by atoms with E-state index in [0.717, 1.165) is 12.0 Å². The van der Waals surface area contributed by atoms with E-state index in [1.807, 2.05) is 30.3 Å². The molecule has 0 saturated heterocycles. The van der Waals surface area contributed by atoms with E-state index in [2.05, 4.69) is 0 Å². The first-order chi connectivity index (χ1) is 7.25.